The maximum atomic E-state index is 13.7. The van der Waals surface area contributed by atoms with Gasteiger partial charge in [-0.2, -0.15) is 0 Å². The number of nitrogens with one attached hydrogen (secondary N) is 1. The van der Waals surface area contributed by atoms with Gasteiger partial charge < -0.3 is 10.2 Å². The van der Waals surface area contributed by atoms with Gasteiger partial charge in [0.15, 0.2) is 0 Å². The lowest BCUT2D eigenvalue weighted by atomic mass is 9.87. The predicted molar refractivity (Wildman–Crippen MR) is 76.9 cm³/mol. The van der Waals surface area contributed by atoms with Crippen molar-refractivity contribution < 1.29 is 13.6 Å². The molecule has 0 aromatic heterocycles. The number of benzene rings is 1. The van der Waals surface area contributed by atoms with E-state index in [9.17, 15) is 13.6 Å². The fraction of sp³-hybridized carbons (Fsp3) is 0.533. The van der Waals surface area contributed by atoms with Gasteiger partial charge in [0, 0.05) is 25.7 Å². The number of amides is 1. The van der Waals surface area contributed by atoms with Crippen LogP contribution in [0.15, 0.2) is 12.1 Å². The van der Waals surface area contributed by atoms with Gasteiger partial charge in [0.25, 0.3) is 5.91 Å². The second kappa shape index (κ2) is 5.77. The van der Waals surface area contributed by atoms with E-state index >= 15 is 0 Å². The fourth-order valence-corrected chi connectivity index (χ4v) is 1.90. The van der Waals surface area contributed by atoms with E-state index in [4.69, 9.17) is 0 Å². The Morgan fingerprint density at radius 1 is 1.25 bits per heavy atom. The molecule has 1 aromatic carbocycles. The Kier molecular flexibility index (Phi) is 4.73. The van der Waals surface area contributed by atoms with Crippen LogP contribution in [0.3, 0.4) is 0 Å². The third-order valence-electron chi connectivity index (χ3n) is 3.69. The summed E-state index contributed by atoms with van der Waals surface area (Å²) >= 11 is 0. The number of carbonyl (C=O) groups is 1. The van der Waals surface area contributed by atoms with Gasteiger partial charge >= 0.3 is 0 Å². The molecule has 3 nitrogen and oxygen atoms in total. The van der Waals surface area contributed by atoms with Crippen LogP contribution in [0.2, 0.25) is 0 Å². The Morgan fingerprint density at radius 2 is 1.70 bits per heavy atom. The van der Waals surface area contributed by atoms with Crippen molar-refractivity contribution in [3.05, 3.63) is 29.3 Å². The van der Waals surface area contributed by atoms with E-state index in [0.717, 1.165) is 12.1 Å². The maximum absolute atomic E-state index is 13.7. The van der Waals surface area contributed by atoms with E-state index in [-0.39, 0.29) is 22.7 Å². The average Bonchev–Trinajstić information content (AvgIpc) is 2.34. The first kappa shape index (κ1) is 16.4. The average molecular weight is 284 g/mol. The third kappa shape index (κ3) is 3.26. The van der Waals surface area contributed by atoms with Gasteiger partial charge in [0.1, 0.15) is 17.3 Å². The number of halogens is 2. The van der Waals surface area contributed by atoms with Gasteiger partial charge in [-0.25, -0.2) is 8.78 Å². The number of nitrogens with zero attached hydrogens (tertiary/aromatic N) is 1. The first-order valence-electron chi connectivity index (χ1n) is 6.53. The van der Waals surface area contributed by atoms with Gasteiger partial charge in [0.2, 0.25) is 0 Å². The standard InChI is InChI=1S/C15H22F2N2O/c1-9(15(2,3)4)19(6)14(20)10-7-11(16)13(18-5)12(17)8-10/h7-9,18H,1-6H3. The molecule has 0 aliphatic heterocycles. The zero-order valence-corrected chi connectivity index (χ0v) is 12.8. The van der Waals surface area contributed by atoms with Crippen molar-refractivity contribution in [1.29, 1.82) is 0 Å². The Morgan fingerprint density at radius 3 is 2.05 bits per heavy atom. The minimum atomic E-state index is -0.771. The number of carbonyl (C=O) groups excluding carboxylic acids is 1. The normalized spacial score (nSPS) is 13.0. The summed E-state index contributed by atoms with van der Waals surface area (Å²) in [4.78, 5) is 13.8. The second-order valence-electron chi connectivity index (χ2n) is 6.02. The Balaban J connectivity index is 3.10. The van der Waals surface area contributed by atoms with Crippen LogP contribution in [0.5, 0.6) is 0 Å². The smallest absolute Gasteiger partial charge is 0.254 e. The first-order valence-corrected chi connectivity index (χ1v) is 6.53. The second-order valence-corrected chi connectivity index (χ2v) is 6.02. The quantitative estimate of drug-likeness (QED) is 0.921. The van der Waals surface area contributed by atoms with Gasteiger partial charge in [-0.15, -0.1) is 0 Å². The van der Waals surface area contributed by atoms with Gasteiger partial charge in [-0.05, 0) is 24.5 Å². The molecule has 20 heavy (non-hydrogen) atoms. The lowest BCUT2D eigenvalue weighted by Crippen LogP contribution is -2.43. The highest BCUT2D eigenvalue weighted by molar-refractivity contribution is 5.94. The summed E-state index contributed by atoms with van der Waals surface area (Å²) in [5.41, 5.74) is -0.336. The number of hydrogen-bond acceptors (Lipinski definition) is 2. The summed E-state index contributed by atoms with van der Waals surface area (Å²) in [5, 5.41) is 2.43. The Bertz CT molecular complexity index is 486. The zero-order chi connectivity index (χ0) is 15.7. The minimum absolute atomic E-state index is 0.0117. The molecule has 1 atom stereocenters. The zero-order valence-electron chi connectivity index (χ0n) is 12.8. The fourth-order valence-electron chi connectivity index (χ4n) is 1.90. The van der Waals surface area contributed by atoms with Gasteiger partial charge in [-0.1, -0.05) is 20.8 Å². The molecule has 0 heterocycles. The van der Waals surface area contributed by atoms with Crippen LogP contribution in [-0.2, 0) is 0 Å². The molecule has 1 amide bonds. The Labute approximate surface area is 119 Å². The minimum Gasteiger partial charge on any atom is -0.383 e. The van der Waals surface area contributed by atoms with Crippen molar-refractivity contribution >= 4 is 11.6 Å². The molecule has 0 radical (unpaired) electrons. The summed E-state index contributed by atoms with van der Waals surface area (Å²) in [6.07, 6.45) is 0. The molecular weight excluding hydrogens is 262 g/mol. The predicted octanol–water partition coefficient (Wildman–Crippen LogP) is 3.51. The van der Waals surface area contributed by atoms with Crippen molar-refractivity contribution in [2.45, 2.75) is 33.7 Å². The molecule has 0 fully saturated rings. The van der Waals surface area contributed by atoms with Crippen LogP contribution in [-0.4, -0.2) is 30.9 Å². The summed E-state index contributed by atoms with van der Waals surface area (Å²) in [6, 6.07) is 2.05. The first-order chi connectivity index (χ1) is 9.09. The topological polar surface area (TPSA) is 32.3 Å². The molecule has 0 aliphatic carbocycles. The molecule has 0 spiro atoms. The molecule has 0 saturated carbocycles. The van der Waals surface area contributed by atoms with Crippen molar-refractivity contribution in [2.24, 2.45) is 5.41 Å². The molecule has 1 rings (SSSR count). The highest BCUT2D eigenvalue weighted by Crippen LogP contribution is 2.26. The van der Waals surface area contributed by atoms with Crippen LogP contribution < -0.4 is 5.32 Å². The molecule has 1 aromatic rings. The summed E-state index contributed by atoms with van der Waals surface area (Å²) in [7, 11) is 3.07. The van der Waals surface area contributed by atoms with E-state index in [1.807, 2.05) is 27.7 Å². The third-order valence-corrected chi connectivity index (χ3v) is 3.69. The van der Waals surface area contributed by atoms with Gasteiger partial charge in [-0.3, -0.25) is 4.79 Å². The summed E-state index contributed by atoms with van der Waals surface area (Å²) in [5.74, 6) is -1.94. The van der Waals surface area contributed by atoms with E-state index < -0.39 is 17.5 Å². The molecule has 1 N–H and O–H groups in total. The van der Waals surface area contributed by atoms with E-state index in [0.29, 0.717) is 0 Å². The summed E-state index contributed by atoms with van der Waals surface area (Å²) < 4.78 is 27.4. The molecule has 0 saturated heterocycles. The van der Waals surface area contributed by atoms with Crippen LogP contribution in [0.4, 0.5) is 14.5 Å². The van der Waals surface area contributed by atoms with Crippen molar-refractivity contribution in [1.82, 2.24) is 4.90 Å². The van der Waals surface area contributed by atoms with Crippen molar-refractivity contribution in [2.75, 3.05) is 19.4 Å². The highest BCUT2D eigenvalue weighted by Gasteiger charge is 2.28. The number of hydrogen-bond donors (Lipinski definition) is 1. The monoisotopic (exact) mass is 284 g/mol. The van der Waals surface area contributed by atoms with Crippen LogP contribution >= 0.6 is 0 Å². The Hall–Kier alpha value is -1.65. The molecule has 5 heteroatoms. The number of rotatable bonds is 3. The van der Waals surface area contributed by atoms with E-state index in [2.05, 4.69) is 5.32 Å². The van der Waals surface area contributed by atoms with Crippen molar-refractivity contribution in [3.63, 3.8) is 0 Å². The van der Waals surface area contributed by atoms with Crippen molar-refractivity contribution in [3.8, 4) is 0 Å². The van der Waals surface area contributed by atoms with Gasteiger partial charge in [0.05, 0.1) is 0 Å². The van der Waals surface area contributed by atoms with E-state index in [1.54, 1.807) is 7.05 Å². The van der Waals surface area contributed by atoms with Crippen LogP contribution in [0, 0.1) is 17.0 Å². The molecule has 1 unspecified atom stereocenters. The SMILES string of the molecule is CNc1c(F)cc(C(=O)N(C)C(C)C(C)(C)C)cc1F. The molecule has 0 bridgehead atoms. The van der Waals surface area contributed by atoms with Crippen LogP contribution in [0.1, 0.15) is 38.1 Å². The van der Waals surface area contributed by atoms with E-state index in [1.165, 1.54) is 11.9 Å². The molecule has 112 valence electrons. The summed E-state index contributed by atoms with van der Waals surface area (Å²) in [6.45, 7) is 7.93. The largest absolute Gasteiger partial charge is 0.383 e. The maximum Gasteiger partial charge on any atom is 0.254 e. The highest BCUT2D eigenvalue weighted by atomic mass is 19.1. The lowest BCUT2D eigenvalue weighted by molar-refractivity contribution is 0.0628. The van der Waals surface area contributed by atoms with Crippen LogP contribution in [0.25, 0.3) is 0 Å². The molecular formula is C15H22F2N2O. The molecule has 0 aliphatic rings. The lowest BCUT2D eigenvalue weighted by Gasteiger charge is -2.35. The number of anilines is 1.